The molecule has 0 radical (unpaired) electrons. The number of H-pyrrole nitrogens is 2. The summed E-state index contributed by atoms with van der Waals surface area (Å²) in [7, 11) is 0. The molecule has 5 nitrogen and oxygen atoms in total. The van der Waals surface area contributed by atoms with E-state index in [0.29, 0.717) is 0 Å². The molecule has 0 bridgehead atoms. The van der Waals surface area contributed by atoms with E-state index in [1.807, 2.05) is 60.9 Å². The first-order valence-electron chi connectivity index (χ1n) is 9.14. The molecule has 28 heavy (non-hydrogen) atoms. The van der Waals surface area contributed by atoms with Crippen molar-refractivity contribution in [3.8, 4) is 0 Å². The molecule has 0 unspecified atom stereocenters. The van der Waals surface area contributed by atoms with E-state index in [-0.39, 0.29) is 5.91 Å². The van der Waals surface area contributed by atoms with Crippen molar-refractivity contribution in [3.05, 3.63) is 96.6 Å². The molecule has 3 aromatic heterocycles. The Hall–Kier alpha value is -3.86. The highest BCUT2D eigenvalue weighted by atomic mass is 16.1. The minimum atomic E-state index is -0.458. The molecule has 1 amide bonds. The molecule has 0 saturated heterocycles. The Morgan fingerprint density at radius 1 is 0.786 bits per heavy atom. The van der Waals surface area contributed by atoms with Crippen molar-refractivity contribution in [3.63, 3.8) is 0 Å². The molecule has 0 saturated carbocycles. The summed E-state index contributed by atoms with van der Waals surface area (Å²) < 4.78 is 0. The van der Waals surface area contributed by atoms with E-state index in [4.69, 9.17) is 0 Å². The number of rotatable bonds is 4. The van der Waals surface area contributed by atoms with Crippen LogP contribution in [0.25, 0.3) is 21.8 Å². The summed E-state index contributed by atoms with van der Waals surface area (Å²) in [4.78, 5) is 24.0. The van der Waals surface area contributed by atoms with E-state index in [2.05, 4.69) is 20.3 Å². The summed E-state index contributed by atoms with van der Waals surface area (Å²) in [6.45, 7) is 0. The maximum Gasteiger partial charge on any atom is 0.236 e. The van der Waals surface area contributed by atoms with Gasteiger partial charge in [-0.3, -0.25) is 9.78 Å². The van der Waals surface area contributed by atoms with Crippen LogP contribution in [-0.2, 0) is 4.79 Å². The number of aromatic amines is 2. The molecule has 3 N–H and O–H groups in total. The number of carbonyl (C=O) groups excluding carboxylic acids is 1. The summed E-state index contributed by atoms with van der Waals surface area (Å²) >= 11 is 0. The van der Waals surface area contributed by atoms with Crippen molar-refractivity contribution < 1.29 is 4.79 Å². The standard InChI is InChI=1S/C23H18N4O/c28-23(27-15-9-11-24-12-10-15)22(18-13-25-20-7-3-1-5-16(18)20)19-14-26-21-8-4-2-6-17(19)21/h1-14,22,25-26H,(H,24,27,28). The van der Waals surface area contributed by atoms with E-state index in [0.717, 1.165) is 38.6 Å². The van der Waals surface area contributed by atoms with Crippen LogP contribution in [0, 0.1) is 0 Å². The highest BCUT2D eigenvalue weighted by Gasteiger charge is 2.28. The summed E-state index contributed by atoms with van der Waals surface area (Å²) in [5, 5.41) is 5.13. The number of hydrogen-bond donors (Lipinski definition) is 3. The van der Waals surface area contributed by atoms with Gasteiger partial charge in [-0.1, -0.05) is 36.4 Å². The number of nitrogens with one attached hydrogen (secondary N) is 3. The molecule has 5 aromatic rings. The Morgan fingerprint density at radius 3 is 1.89 bits per heavy atom. The lowest BCUT2D eigenvalue weighted by atomic mass is 9.89. The SMILES string of the molecule is O=C(Nc1ccncc1)C(c1c[nH]c2ccccc12)c1c[nH]c2ccccc12. The van der Waals surface area contributed by atoms with Crippen LogP contribution in [0.4, 0.5) is 5.69 Å². The summed E-state index contributed by atoms with van der Waals surface area (Å²) in [5.74, 6) is -0.541. The van der Waals surface area contributed by atoms with Crippen molar-refractivity contribution >= 4 is 33.4 Å². The molecule has 0 aliphatic rings. The van der Waals surface area contributed by atoms with Gasteiger partial charge in [0.2, 0.25) is 5.91 Å². The second-order valence-corrected chi connectivity index (χ2v) is 6.74. The van der Waals surface area contributed by atoms with E-state index in [1.54, 1.807) is 24.5 Å². The third kappa shape index (κ3) is 2.74. The third-order valence-corrected chi connectivity index (χ3v) is 5.07. The van der Waals surface area contributed by atoms with E-state index in [9.17, 15) is 4.79 Å². The van der Waals surface area contributed by atoms with Gasteiger partial charge in [0.1, 0.15) is 0 Å². The Kier molecular flexibility index (Phi) is 3.91. The predicted molar refractivity (Wildman–Crippen MR) is 111 cm³/mol. The maximum atomic E-state index is 13.4. The van der Waals surface area contributed by atoms with Crippen molar-refractivity contribution in [1.82, 2.24) is 15.0 Å². The van der Waals surface area contributed by atoms with Gasteiger partial charge in [-0.2, -0.15) is 0 Å². The van der Waals surface area contributed by atoms with Gasteiger partial charge in [-0.15, -0.1) is 0 Å². The number of nitrogens with zero attached hydrogens (tertiary/aromatic N) is 1. The smallest absolute Gasteiger partial charge is 0.236 e. The van der Waals surface area contributed by atoms with Crippen LogP contribution in [0.2, 0.25) is 0 Å². The first kappa shape index (κ1) is 16.3. The lowest BCUT2D eigenvalue weighted by molar-refractivity contribution is -0.116. The predicted octanol–water partition coefficient (Wildman–Crippen LogP) is 4.81. The fourth-order valence-corrected chi connectivity index (χ4v) is 3.77. The molecule has 5 heteroatoms. The van der Waals surface area contributed by atoms with Gasteiger partial charge < -0.3 is 15.3 Å². The molecule has 5 rings (SSSR count). The highest BCUT2D eigenvalue weighted by molar-refractivity contribution is 6.04. The molecular formula is C23H18N4O. The Labute approximate surface area is 161 Å². The van der Waals surface area contributed by atoms with Gasteiger partial charge in [-0.05, 0) is 35.4 Å². The molecule has 136 valence electrons. The van der Waals surface area contributed by atoms with Gasteiger partial charge >= 0.3 is 0 Å². The molecule has 0 aliphatic heterocycles. The number of benzene rings is 2. The van der Waals surface area contributed by atoms with E-state index in [1.165, 1.54) is 0 Å². The molecule has 0 aliphatic carbocycles. The van der Waals surface area contributed by atoms with Gasteiger partial charge in [0.25, 0.3) is 0 Å². The van der Waals surface area contributed by atoms with Crippen LogP contribution in [0.5, 0.6) is 0 Å². The zero-order valence-corrected chi connectivity index (χ0v) is 15.0. The van der Waals surface area contributed by atoms with E-state index >= 15 is 0 Å². The van der Waals surface area contributed by atoms with Crippen LogP contribution in [0.1, 0.15) is 17.0 Å². The molecule has 0 atom stereocenters. The maximum absolute atomic E-state index is 13.4. The topological polar surface area (TPSA) is 73.6 Å². The zero-order chi connectivity index (χ0) is 18.9. The monoisotopic (exact) mass is 366 g/mol. The fourth-order valence-electron chi connectivity index (χ4n) is 3.77. The second-order valence-electron chi connectivity index (χ2n) is 6.74. The largest absolute Gasteiger partial charge is 0.361 e. The Morgan fingerprint density at radius 2 is 1.32 bits per heavy atom. The van der Waals surface area contributed by atoms with Crippen LogP contribution in [-0.4, -0.2) is 20.9 Å². The lowest BCUT2D eigenvalue weighted by Crippen LogP contribution is -2.22. The average molecular weight is 366 g/mol. The van der Waals surface area contributed by atoms with Crippen molar-refractivity contribution in [2.45, 2.75) is 5.92 Å². The summed E-state index contributed by atoms with van der Waals surface area (Å²) in [6.07, 6.45) is 7.20. The number of aromatic nitrogens is 3. The van der Waals surface area contributed by atoms with Gasteiger partial charge in [0, 0.05) is 52.3 Å². The molecular weight excluding hydrogens is 348 g/mol. The van der Waals surface area contributed by atoms with Crippen LogP contribution < -0.4 is 5.32 Å². The van der Waals surface area contributed by atoms with Crippen LogP contribution in [0.15, 0.2) is 85.5 Å². The molecule has 0 fully saturated rings. The third-order valence-electron chi connectivity index (χ3n) is 5.07. The van der Waals surface area contributed by atoms with Gasteiger partial charge in [0.15, 0.2) is 0 Å². The fraction of sp³-hybridized carbons (Fsp3) is 0.0435. The van der Waals surface area contributed by atoms with Crippen molar-refractivity contribution in [1.29, 1.82) is 0 Å². The van der Waals surface area contributed by atoms with Crippen LogP contribution in [0.3, 0.4) is 0 Å². The average Bonchev–Trinajstić information content (AvgIpc) is 3.35. The number of fused-ring (bicyclic) bond motifs is 2. The number of hydrogen-bond acceptors (Lipinski definition) is 2. The van der Waals surface area contributed by atoms with Crippen LogP contribution >= 0.6 is 0 Å². The van der Waals surface area contributed by atoms with E-state index < -0.39 is 5.92 Å². The minimum absolute atomic E-state index is 0.0827. The van der Waals surface area contributed by atoms with Gasteiger partial charge in [0.05, 0.1) is 5.92 Å². The number of carbonyl (C=O) groups is 1. The minimum Gasteiger partial charge on any atom is -0.361 e. The highest BCUT2D eigenvalue weighted by Crippen LogP contribution is 2.35. The molecule has 0 spiro atoms. The zero-order valence-electron chi connectivity index (χ0n) is 15.0. The van der Waals surface area contributed by atoms with Gasteiger partial charge in [-0.25, -0.2) is 0 Å². The number of para-hydroxylation sites is 2. The quantitative estimate of drug-likeness (QED) is 0.427. The Bertz CT molecular complexity index is 1200. The normalized spacial score (nSPS) is 11.3. The van der Waals surface area contributed by atoms with Crippen molar-refractivity contribution in [2.75, 3.05) is 5.32 Å². The summed E-state index contributed by atoms with van der Waals surface area (Å²) in [5.41, 5.74) is 4.65. The molecule has 3 heterocycles. The summed E-state index contributed by atoms with van der Waals surface area (Å²) in [6, 6.07) is 19.7. The van der Waals surface area contributed by atoms with Crippen molar-refractivity contribution in [2.24, 2.45) is 0 Å². The number of anilines is 1. The lowest BCUT2D eigenvalue weighted by Gasteiger charge is -2.16. The molecule has 2 aromatic carbocycles. The number of pyridine rings is 1. The second kappa shape index (κ2) is 6.70. The number of amides is 1. The Balaban J connectivity index is 1.67. The first-order valence-corrected chi connectivity index (χ1v) is 9.14. The first-order chi connectivity index (χ1) is 13.8.